The van der Waals surface area contributed by atoms with Gasteiger partial charge in [-0.15, -0.1) is 0 Å². The lowest BCUT2D eigenvalue weighted by molar-refractivity contribution is 0.0854. The molecule has 0 aromatic heterocycles. The third-order valence-corrected chi connectivity index (χ3v) is 3.49. The van der Waals surface area contributed by atoms with Gasteiger partial charge in [-0.3, -0.25) is 4.90 Å². The molecule has 0 heterocycles. The van der Waals surface area contributed by atoms with Crippen LogP contribution in [0.3, 0.4) is 0 Å². The summed E-state index contributed by atoms with van der Waals surface area (Å²) in [6.07, 6.45) is 1.24. The quantitative estimate of drug-likeness (QED) is 0.701. The molecule has 2 heteroatoms. The summed E-state index contributed by atoms with van der Waals surface area (Å²) in [6.45, 7) is 16.0. The van der Waals surface area contributed by atoms with E-state index in [9.17, 15) is 0 Å². The van der Waals surface area contributed by atoms with Crippen molar-refractivity contribution in [1.29, 1.82) is 0 Å². The third-order valence-electron chi connectivity index (χ3n) is 3.49. The van der Waals surface area contributed by atoms with Gasteiger partial charge < -0.3 is 5.32 Å². The van der Waals surface area contributed by atoms with Crippen molar-refractivity contribution in [1.82, 2.24) is 10.2 Å². The Morgan fingerprint density at radius 1 is 1.13 bits per heavy atom. The summed E-state index contributed by atoms with van der Waals surface area (Å²) in [5, 5.41) is 3.48. The fraction of sp³-hybridized carbons (Fsp3) is 1.00. The van der Waals surface area contributed by atoms with E-state index in [-0.39, 0.29) is 5.54 Å². The van der Waals surface area contributed by atoms with Crippen LogP contribution in [0.5, 0.6) is 0 Å². The van der Waals surface area contributed by atoms with Gasteiger partial charge in [-0.25, -0.2) is 0 Å². The SMILES string of the molecule is CCN(CC)C(C)(C)C(CC(C)C)NC. The van der Waals surface area contributed by atoms with Gasteiger partial charge in [-0.1, -0.05) is 27.7 Å². The van der Waals surface area contributed by atoms with E-state index in [1.165, 1.54) is 6.42 Å². The Morgan fingerprint density at radius 2 is 1.60 bits per heavy atom. The number of nitrogens with zero attached hydrogens (tertiary/aromatic N) is 1. The Balaban J connectivity index is 4.61. The van der Waals surface area contributed by atoms with Gasteiger partial charge in [0.05, 0.1) is 0 Å². The highest BCUT2D eigenvalue weighted by molar-refractivity contribution is 4.92. The molecule has 0 fully saturated rings. The van der Waals surface area contributed by atoms with Crippen molar-refractivity contribution < 1.29 is 0 Å². The first-order valence-electron chi connectivity index (χ1n) is 6.32. The first-order valence-corrected chi connectivity index (χ1v) is 6.32. The molecule has 1 N–H and O–H groups in total. The summed E-state index contributed by atoms with van der Waals surface area (Å²) in [7, 11) is 2.08. The van der Waals surface area contributed by atoms with E-state index in [0.29, 0.717) is 6.04 Å². The number of hydrogen-bond acceptors (Lipinski definition) is 2. The second-order valence-corrected chi connectivity index (χ2v) is 5.30. The van der Waals surface area contributed by atoms with Crippen LogP contribution in [0.2, 0.25) is 0 Å². The van der Waals surface area contributed by atoms with Gasteiger partial charge in [0.2, 0.25) is 0 Å². The lowest BCUT2D eigenvalue weighted by Crippen LogP contribution is -2.57. The fourth-order valence-electron chi connectivity index (χ4n) is 2.49. The predicted octanol–water partition coefficient (Wildman–Crippen LogP) is 2.74. The zero-order chi connectivity index (χ0) is 12.1. The lowest BCUT2D eigenvalue weighted by Gasteiger charge is -2.44. The van der Waals surface area contributed by atoms with Gasteiger partial charge in [0.15, 0.2) is 0 Å². The molecule has 0 aliphatic carbocycles. The van der Waals surface area contributed by atoms with Gasteiger partial charge in [-0.05, 0) is 46.3 Å². The maximum atomic E-state index is 3.48. The van der Waals surface area contributed by atoms with Crippen LogP contribution in [0.1, 0.15) is 48.0 Å². The topological polar surface area (TPSA) is 15.3 Å². The van der Waals surface area contributed by atoms with E-state index in [1.54, 1.807) is 0 Å². The minimum Gasteiger partial charge on any atom is -0.315 e. The number of nitrogens with one attached hydrogen (secondary N) is 1. The molecule has 0 bridgehead atoms. The zero-order valence-corrected chi connectivity index (χ0v) is 11.7. The highest BCUT2D eigenvalue weighted by Gasteiger charge is 2.32. The highest BCUT2D eigenvalue weighted by atomic mass is 15.2. The van der Waals surface area contributed by atoms with Crippen molar-refractivity contribution in [3.05, 3.63) is 0 Å². The molecule has 0 aromatic rings. The van der Waals surface area contributed by atoms with Crippen LogP contribution in [-0.2, 0) is 0 Å². The minimum atomic E-state index is 0.239. The van der Waals surface area contributed by atoms with Gasteiger partial charge in [0.1, 0.15) is 0 Å². The average molecular weight is 214 g/mol. The van der Waals surface area contributed by atoms with Crippen molar-refractivity contribution in [2.75, 3.05) is 20.1 Å². The first-order chi connectivity index (χ1) is 6.89. The maximum absolute atomic E-state index is 3.48. The summed E-state index contributed by atoms with van der Waals surface area (Å²) in [5.74, 6) is 0.747. The van der Waals surface area contributed by atoms with E-state index in [4.69, 9.17) is 0 Å². The van der Waals surface area contributed by atoms with Gasteiger partial charge >= 0.3 is 0 Å². The maximum Gasteiger partial charge on any atom is 0.0305 e. The Kier molecular flexibility index (Phi) is 6.46. The molecule has 0 aliphatic heterocycles. The summed E-state index contributed by atoms with van der Waals surface area (Å²) < 4.78 is 0. The van der Waals surface area contributed by atoms with Crippen LogP contribution in [0.15, 0.2) is 0 Å². The van der Waals surface area contributed by atoms with Crippen molar-refractivity contribution in [3.8, 4) is 0 Å². The van der Waals surface area contributed by atoms with Crippen molar-refractivity contribution >= 4 is 0 Å². The Hall–Kier alpha value is -0.0800. The molecule has 1 unspecified atom stereocenters. The molecule has 0 aliphatic rings. The molecule has 0 radical (unpaired) electrons. The van der Waals surface area contributed by atoms with Crippen LogP contribution in [0, 0.1) is 5.92 Å². The van der Waals surface area contributed by atoms with Gasteiger partial charge in [0, 0.05) is 11.6 Å². The van der Waals surface area contributed by atoms with Crippen LogP contribution < -0.4 is 5.32 Å². The Bertz CT molecular complexity index is 160. The Labute approximate surface area is 96.4 Å². The molecule has 0 spiro atoms. The van der Waals surface area contributed by atoms with Crippen LogP contribution in [0.4, 0.5) is 0 Å². The zero-order valence-electron chi connectivity index (χ0n) is 11.7. The monoisotopic (exact) mass is 214 g/mol. The van der Waals surface area contributed by atoms with Crippen LogP contribution in [-0.4, -0.2) is 36.6 Å². The van der Waals surface area contributed by atoms with Gasteiger partial charge in [0.25, 0.3) is 0 Å². The van der Waals surface area contributed by atoms with Crippen molar-refractivity contribution in [2.24, 2.45) is 5.92 Å². The largest absolute Gasteiger partial charge is 0.315 e. The predicted molar refractivity (Wildman–Crippen MR) is 69.3 cm³/mol. The van der Waals surface area contributed by atoms with E-state index in [2.05, 4.69) is 58.8 Å². The standard InChI is InChI=1S/C13H30N2/c1-8-15(9-2)13(5,6)12(14-7)10-11(3)4/h11-12,14H,8-10H2,1-7H3. The number of likely N-dealkylation sites (N-methyl/N-ethyl adjacent to an activating group) is 2. The van der Waals surface area contributed by atoms with Crippen molar-refractivity contribution in [2.45, 2.75) is 59.5 Å². The number of rotatable bonds is 7. The van der Waals surface area contributed by atoms with E-state index < -0.39 is 0 Å². The van der Waals surface area contributed by atoms with Gasteiger partial charge in [-0.2, -0.15) is 0 Å². The van der Waals surface area contributed by atoms with Crippen LogP contribution in [0.25, 0.3) is 0 Å². The molecule has 0 aromatic carbocycles. The lowest BCUT2D eigenvalue weighted by atomic mass is 9.86. The van der Waals surface area contributed by atoms with Crippen LogP contribution >= 0.6 is 0 Å². The second kappa shape index (κ2) is 6.49. The van der Waals surface area contributed by atoms with E-state index in [1.807, 2.05) is 0 Å². The summed E-state index contributed by atoms with van der Waals surface area (Å²) in [4.78, 5) is 2.54. The molecular weight excluding hydrogens is 184 g/mol. The van der Waals surface area contributed by atoms with Crippen molar-refractivity contribution in [3.63, 3.8) is 0 Å². The summed E-state index contributed by atoms with van der Waals surface area (Å²) in [6, 6.07) is 0.567. The molecule has 2 nitrogen and oxygen atoms in total. The summed E-state index contributed by atoms with van der Waals surface area (Å²) in [5.41, 5.74) is 0.239. The summed E-state index contributed by atoms with van der Waals surface area (Å²) >= 11 is 0. The molecule has 92 valence electrons. The molecule has 0 rings (SSSR count). The van der Waals surface area contributed by atoms with E-state index >= 15 is 0 Å². The average Bonchev–Trinajstić information content (AvgIpc) is 2.15. The molecule has 0 saturated heterocycles. The highest BCUT2D eigenvalue weighted by Crippen LogP contribution is 2.23. The van der Waals surface area contributed by atoms with E-state index in [0.717, 1.165) is 19.0 Å². The molecule has 0 amide bonds. The second-order valence-electron chi connectivity index (χ2n) is 5.30. The minimum absolute atomic E-state index is 0.239. The molecule has 15 heavy (non-hydrogen) atoms. The third kappa shape index (κ3) is 4.12. The molecular formula is C13H30N2. The smallest absolute Gasteiger partial charge is 0.0305 e. The normalized spacial score (nSPS) is 15.0. The molecule has 1 atom stereocenters. The Morgan fingerprint density at radius 3 is 1.87 bits per heavy atom. The number of hydrogen-bond donors (Lipinski definition) is 1. The molecule has 0 saturated carbocycles. The first kappa shape index (κ1) is 14.9. The fourth-order valence-corrected chi connectivity index (χ4v) is 2.49.